The maximum absolute atomic E-state index is 12.6. The van der Waals surface area contributed by atoms with Crippen LogP contribution in [0, 0.1) is 17.3 Å². The van der Waals surface area contributed by atoms with E-state index in [0.29, 0.717) is 0 Å². The van der Waals surface area contributed by atoms with Gasteiger partial charge in [-0.05, 0) is 48.5 Å². The fourth-order valence-corrected chi connectivity index (χ4v) is 3.67. The Morgan fingerprint density at radius 3 is 1.96 bits per heavy atom. The van der Waals surface area contributed by atoms with E-state index >= 15 is 0 Å². The molecule has 2 fully saturated rings. The summed E-state index contributed by atoms with van der Waals surface area (Å²) in [6.45, 7) is 11.7. The second-order valence-corrected chi connectivity index (χ2v) is 7.89. The van der Waals surface area contributed by atoms with Gasteiger partial charge < -0.3 is 14.2 Å². The lowest BCUT2D eigenvalue weighted by Gasteiger charge is -2.20. The highest BCUT2D eigenvalue weighted by atomic mass is 16.7. The summed E-state index contributed by atoms with van der Waals surface area (Å²) >= 11 is 0. The average Bonchev–Trinajstić information content (AvgIpc) is 2.93. The summed E-state index contributed by atoms with van der Waals surface area (Å²) in [5, 5.41) is 0. The summed E-state index contributed by atoms with van der Waals surface area (Å²) in [5.41, 5.74) is -2.04. The molecule has 0 unspecified atom stereocenters. The molecule has 0 bridgehead atoms. The number of ketones is 2. The van der Waals surface area contributed by atoms with Gasteiger partial charge in [0.1, 0.15) is 22.6 Å². The van der Waals surface area contributed by atoms with E-state index in [-0.39, 0.29) is 18.2 Å². The van der Waals surface area contributed by atoms with E-state index in [4.69, 9.17) is 14.2 Å². The number of carbonyl (C=O) groups is 3. The predicted molar refractivity (Wildman–Crippen MR) is 81.5 cm³/mol. The van der Waals surface area contributed by atoms with Crippen LogP contribution in [0.3, 0.4) is 0 Å². The molecule has 6 heteroatoms. The molecule has 130 valence electrons. The quantitative estimate of drug-likeness (QED) is 0.580. The molecule has 1 aliphatic heterocycles. The zero-order chi connectivity index (χ0) is 17.8. The standard InChI is InChI=1S/C17H26O6/c1-9(18)17(10(2)19)12(11-8-21-16(6,7)22-11)13(17)14(20)23-15(3,4)5/h11-13H,8H2,1-7H3/t11-,12-,13-/m0/s1. The molecule has 0 aromatic heterocycles. The van der Waals surface area contributed by atoms with Crippen LogP contribution < -0.4 is 0 Å². The van der Waals surface area contributed by atoms with Gasteiger partial charge in [-0.15, -0.1) is 0 Å². The minimum absolute atomic E-state index is 0.249. The van der Waals surface area contributed by atoms with Gasteiger partial charge in [0, 0.05) is 5.92 Å². The molecule has 2 aliphatic rings. The first-order chi connectivity index (χ1) is 10.3. The van der Waals surface area contributed by atoms with Gasteiger partial charge in [-0.1, -0.05) is 0 Å². The van der Waals surface area contributed by atoms with Gasteiger partial charge >= 0.3 is 5.97 Å². The number of hydrogen-bond acceptors (Lipinski definition) is 6. The van der Waals surface area contributed by atoms with Crippen LogP contribution in [0.2, 0.25) is 0 Å². The predicted octanol–water partition coefficient (Wildman–Crippen LogP) is 1.89. The molecule has 1 aliphatic carbocycles. The molecule has 1 saturated heterocycles. The van der Waals surface area contributed by atoms with Crippen LogP contribution in [0.15, 0.2) is 0 Å². The van der Waals surface area contributed by atoms with Crippen molar-refractivity contribution in [3.8, 4) is 0 Å². The van der Waals surface area contributed by atoms with Crippen LogP contribution in [0.5, 0.6) is 0 Å². The van der Waals surface area contributed by atoms with Crippen LogP contribution in [0.1, 0.15) is 48.5 Å². The third-order valence-electron chi connectivity index (χ3n) is 4.52. The largest absolute Gasteiger partial charge is 0.460 e. The zero-order valence-electron chi connectivity index (χ0n) is 14.9. The lowest BCUT2D eigenvalue weighted by Crippen LogP contribution is -2.32. The molecular formula is C17H26O6. The topological polar surface area (TPSA) is 78.9 Å². The summed E-state index contributed by atoms with van der Waals surface area (Å²) in [6, 6.07) is 0. The van der Waals surface area contributed by atoms with Crippen molar-refractivity contribution in [2.24, 2.45) is 17.3 Å². The first-order valence-corrected chi connectivity index (χ1v) is 7.89. The van der Waals surface area contributed by atoms with Crippen LogP contribution in [-0.2, 0) is 28.6 Å². The maximum Gasteiger partial charge on any atom is 0.311 e. The van der Waals surface area contributed by atoms with Gasteiger partial charge in [0.05, 0.1) is 18.6 Å². The van der Waals surface area contributed by atoms with E-state index in [1.165, 1.54) is 13.8 Å². The van der Waals surface area contributed by atoms with E-state index in [0.717, 1.165) is 0 Å². The summed E-state index contributed by atoms with van der Waals surface area (Å²) in [6.07, 6.45) is -0.477. The number of carbonyl (C=O) groups excluding carboxylic acids is 3. The first kappa shape index (κ1) is 18.1. The van der Waals surface area contributed by atoms with Crippen molar-refractivity contribution in [3.05, 3.63) is 0 Å². The molecule has 0 N–H and O–H groups in total. The van der Waals surface area contributed by atoms with Gasteiger partial charge in [0.15, 0.2) is 5.79 Å². The number of esters is 1. The summed E-state index contributed by atoms with van der Waals surface area (Å²) < 4.78 is 16.8. The third kappa shape index (κ3) is 3.06. The Balaban J connectivity index is 2.32. The van der Waals surface area contributed by atoms with Crippen LogP contribution in [0.4, 0.5) is 0 Å². The molecule has 2 rings (SSSR count). The average molecular weight is 326 g/mol. The molecule has 1 heterocycles. The molecule has 0 aromatic rings. The molecule has 3 atom stereocenters. The lowest BCUT2D eigenvalue weighted by atomic mass is 9.91. The van der Waals surface area contributed by atoms with Crippen molar-refractivity contribution in [3.63, 3.8) is 0 Å². The summed E-state index contributed by atoms with van der Waals surface area (Å²) in [4.78, 5) is 37.1. The molecule has 0 radical (unpaired) electrons. The van der Waals surface area contributed by atoms with Gasteiger partial charge in [-0.2, -0.15) is 0 Å². The first-order valence-electron chi connectivity index (χ1n) is 7.89. The summed E-state index contributed by atoms with van der Waals surface area (Å²) in [7, 11) is 0. The molecule has 0 spiro atoms. The molecule has 6 nitrogen and oxygen atoms in total. The van der Waals surface area contributed by atoms with Gasteiger partial charge in [-0.25, -0.2) is 0 Å². The highest BCUT2D eigenvalue weighted by molar-refractivity contribution is 6.13. The van der Waals surface area contributed by atoms with Crippen LogP contribution in [0.25, 0.3) is 0 Å². The van der Waals surface area contributed by atoms with Crippen molar-refractivity contribution in [2.75, 3.05) is 6.61 Å². The number of rotatable bonds is 4. The Morgan fingerprint density at radius 1 is 1.09 bits per heavy atom. The van der Waals surface area contributed by atoms with Crippen LogP contribution in [-0.4, -0.2) is 41.6 Å². The van der Waals surface area contributed by atoms with E-state index in [1.807, 2.05) is 0 Å². The SMILES string of the molecule is CC(=O)C1(C(C)=O)[C@@H]([C@@H]2COC(C)(C)O2)[C@H]1C(=O)OC(C)(C)C. The third-order valence-corrected chi connectivity index (χ3v) is 4.52. The molecule has 1 saturated carbocycles. The van der Waals surface area contributed by atoms with Gasteiger partial charge in [0.25, 0.3) is 0 Å². The van der Waals surface area contributed by atoms with Crippen molar-refractivity contribution in [1.29, 1.82) is 0 Å². The van der Waals surface area contributed by atoms with Crippen LogP contribution >= 0.6 is 0 Å². The maximum atomic E-state index is 12.6. The van der Waals surface area contributed by atoms with Gasteiger partial charge in [0.2, 0.25) is 0 Å². The summed E-state index contributed by atoms with van der Waals surface area (Å²) in [5.74, 6) is -3.29. The smallest absolute Gasteiger partial charge is 0.311 e. The van der Waals surface area contributed by atoms with Crippen molar-refractivity contribution in [2.45, 2.75) is 66.0 Å². The van der Waals surface area contributed by atoms with E-state index < -0.39 is 40.7 Å². The van der Waals surface area contributed by atoms with Gasteiger partial charge in [-0.3, -0.25) is 14.4 Å². The molecule has 0 aromatic carbocycles. The second-order valence-electron chi connectivity index (χ2n) is 7.89. The Labute approximate surface area is 136 Å². The second kappa shape index (κ2) is 5.38. The monoisotopic (exact) mass is 326 g/mol. The number of Topliss-reactive ketones (excluding diaryl/α,β-unsaturated/α-hetero) is 2. The minimum atomic E-state index is -1.35. The van der Waals surface area contributed by atoms with E-state index in [9.17, 15) is 14.4 Å². The van der Waals surface area contributed by atoms with E-state index in [1.54, 1.807) is 34.6 Å². The molecule has 0 amide bonds. The zero-order valence-corrected chi connectivity index (χ0v) is 14.9. The lowest BCUT2D eigenvalue weighted by molar-refractivity contribution is -0.160. The highest BCUT2D eigenvalue weighted by Crippen LogP contribution is 2.64. The van der Waals surface area contributed by atoms with E-state index in [2.05, 4.69) is 0 Å². The molecule has 23 heavy (non-hydrogen) atoms. The van der Waals surface area contributed by atoms with Crippen molar-refractivity contribution in [1.82, 2.24) is 0 Å². The van der Waals surface area contributed by atoms with Crippen molar-refractivity contribution >= 4 is 17.5 Å². The Kier molecular flexibility index (Phi) is 4.23. The fraction of sp³-hybridized carbons (Fsp3) is 0.824. The molecular weight excluding hydrogens is 300 g/mol. The fourth-order valence-electron chi connectivity index (χ4n) is 3.67. The normalized spacial score (nSPS) is 31.5. The highest BCUT2D eigenvalue weighted by Gasteiger charge is 2.78. The Bertz CT molecular complexity index is 528. The Morgan fingerprint density at radius 2 is 1.61 bits per heavy atom. The van der Waals surface area contributed by atoms with Crippen molar-refractivity contribution < 1.29 is 28.6 Å². The number of hydrogen-bond donors (Lipinski definition) is 0. The minimum Gasteiger partial charge on any atom is -0.460 e. The Hall–Kier alpha value is -1.27. The number of ether oxygens (including phenoxy) is 3.